The Bertz CT molecular complexity index is 2800. The van der Waals surface area contributed by atoms with Gasteiger partial charge in [-0.15, -0.1) is 0 Å². The van der Waals surface area contributed by atoms with E-state index in [4.69, 9.17) is 15.0 Å². The summed E-state index contributed by atoms with van der Waals surface area (Å²) in [6, 6.07) is 55.7. The van der Waals surface area contributed by atoms with Gasteiger partial charge in [0.1, 0.15) is 0 Å². The van der Waals surface area contributed by atoms with Gasteiger partial charge in [-0.05, 0) is 123 Å². The summed E-state index contributed by atoms with van der Waals surface area (Å²) in [5.74, 6) is 3.50. The van der Waals surface area contributed by atoms with Crippen LogP contribution in [0, 0.1) is 23.2 Å². The van der Waals surface area contributed by atoms with E-state index in [-0.39, 0.29) is 0 Å². The zero-order chi connectivity index (χ0) is 37.6. The van der Waals surface area contributed by atoms with Crippen molar-refractivity contribution in [1.29, 1.82) is 5.26 Å². The summed E-state index contributed by atoms with van der Waals surface area (Å²) in [6.07, 6.45) is 8.14. The molecule has 3 atom stereocenters. The van der Waals surface area contributed by atoms with Crippen LogP contribution in [-0.4, -0.2) is 15.0 Å². The molecule has 2 aliphatic rings. The summed E-state index contributed by atoms with van der Waals surface area (Å²) in [5.41, 5.74) is 9.63. The Labute approximate surface area is 328 Å². The Morgan fingerprint density at radius 1 is 0.536 bits per heavy atom. The Kier molecular flexibility index (Phi) is 8.52. The van der Waals surface area contributed by atoms with E-state index in [1.54, 1.807) is 6.07 Å². The van der Waals surface area contributed by atoms with Crippen molar-refractivity contribution >= 4 is 21.5 Å². The minimum Gasteiger partial charge on any atom is -0.208 e. The second-order valence-corrected chi connectivity index (χ2v) is 16.0. The van der Waals surface area contributed by atoms with Gasteiger partial charge < -0.3 is 0 Å². The lowest BCUT2D eigenvalue weighted by Gasteiger charge is -2.41. The molecule has 2 saturated carbocycles. The first-order valence-corrected chi connectivity index (χ1v) is 20.1. The van der Waals surface area contributed by atoms with Gasteiger partial charge in [0, 0.05) is 16.7 Å². The van der Waals surface area contributed by atoms with Crippen molar-refractivity contribution in [2.45, 2.75) is 50.9 Å². The fourth-order valence-electron chi connectivity index (χ4n) is 9.90. The average Bonchev–Trinajstić information content (AvgIpc) is 3.62. The number of aromatic nitrogens is 3. The molecule has 2 aliphatic carbocycles. The molecule has 0 radical (unpaired) electrons. The van der Waals surface area contributed by atoms with Crippen LogP contribution in [0.1, 0.15) is 56.6 Å². The molecule has 8 aromatic rings. The normalized spacial score (nSPS) is 18.9. The smallest absolute Gasteiger partial charge is 0.164 e. The molecule has 0 amide bonds. The largest absolute Gasteiger partial charge is 0.208 e. The van der Waals surface area contributed by atoms with E-state index in [0.29, 0.717) is 28.5 Å². The van der Waals surface area contributed by atoms with E-state index >= 15 is 0 Å². The standard InChI is InChI=1S/C52H42N4/c1-2-52(31-34-17-18-35(27-34)32-52)44-23-21-38(22-24-44)45-25-26-48(47-16-6-5-15-46(45)47)51-55-49(42-13-7-9-36(28-42)33-53)54-50(56-51)43-14-8-12-40(30-43)41-20-19-37-10-3-4-11-39(37)29-41/h3-16,19-26,28-30,34-35H,2,17-18,27,31-32H2,1H3/t34-,35+,52?. The van der Waals surface area contributed by atoms with Gasteiger partial charge in [-0.1, -0.05) is 141 Å². The third-order valence-electron chi connectivity index (χ3n) is 12.7. The highest BCUT2D eigenvalue weighted by Gasteiger charge is 2.43. The molecule has 1 unspecified atom stereocenters. The van der Waals surface area contributed by atoms with Gasteiger partial charge in [-0.25, -0.2) is 15.0 Å². The molecule has 0 aliphatic heterocycles. The number of hydrogen-bond donors (Lipinski definition) is 0. The molecule has 0 spiro atoms. The molecule has 10 rings (SSSR count). The van der Waals surface area contributed by atoms with Crippen molar-refractivity contribution < 1.29 is 0 Å². The SMILES string of the molecule is CCC1(c2ccc(-c3ccc(-c4nc(-c5cccc(C#N)c5)nc(-c5cccc(-c6ccc7ccccc7c6)c5)n4)c4ccccc34)cc2)C[C@@H]2CC[C@@H](C2)C1. The maximum Gasteiger partial charge on any atom is 0.164 e. The van der Waals surface area contributed by atoms with Crippen molar-refractivity contribution in [3.8, 4) is 62.5 Å². The van der Waals surface area contributed by atoms with Gasteiger partial charge >= 0.3 is 0 Å². The first-order valence-electron chi connectivity index (χ1n) is 20.1. The van der Waals surface area contributed by atoms with E-state index in [9.17, 15) is 5.26 Å². The summed E-state index contributed by atoms with van der Waals surface area (Å²) in [6.45, 7) is 2.39. The lowest BCUT2D eigenvalue weighted by molar-refractivity contribution is 0.207. The Morgan fingerprint density at radius 2 is 1.12 bits per heavy atom. The highest BCUT2D eigenvalue weighted by molar-refractivity contribution is 6.04. The zero-order valence-electron chi connectivity index (χ0n) is 31.6. The molecule has 270 valence electrons. The monoisotopic (exact) mass is 722 g/mol. The topological polar surface area (TPSA) is 62.5 Å². The van der Waals surface area contributed by atoms with Crippen molar-refractivity contribution in [3.05, 3.63) is 163 Å². The second-order valence-electron chi connectivity index (χ2n) is 16.0. The molecular weight excluding hydrogens is 681 g/mol. The lowest BCUT2D eigenvalue weighted by atomic mass is 9.64. The van der Waals surface area contributed by atoms with E-state index < -0.39 is 0 Å². The first-order chi connectivity index (χ1) is 27.6. The van der Waals surface area contributed by atoms with Crippen LogP contribution in [0.2, 0.25) is 0 Å². The number of nitriles is 1. The second kappa shape index (κ2) is 14.0. The summed E-state index contributed by atoms with van der Waals surface area (Å²) in [7, 11) is 0. The molecule has 7 aromatic carbocycles. The molecule has 0 N–H and O–H groups in total. The highest BCUT2D eigenvalue weighted by atomic mass is 15.0. The van der Waals surface area contributed by atoms with Crippen LogP contribution in [0.3, 0.4) is 0 Å². The van der Waals surface area contributed by atoms with Crippen LogP contribution in [0.15, 0.2) is 152 Å². The predicted octanol–water partition coefficient (Wildman–Crippen LogP) is 13.2. The van der Waals surface area contributed by atoms with Crippen LogP contribution >= 0.6 is 0 Å². The minimum atomic E-state index is 0.310. The van der Waals surface area contributed by atoms with Crippen LogP contribution < -0.4 is 0 Å². The van der Waals surface area contributed by atoms with Crippen LogP contribution in [0.4, 0.5) is 0 Å². The zero-order valence-corrected chi connectivity index (χ0v) is 31.6. The quantitative estimate of drug-likeness (QED) is 0.164. The number of nitrogens with zero attached hydrogens (tertiary/aromatic N) is 4. The minimum absolute atomic E-state index is 0.310. The number of fused-ring (bicyclic) bond motifs is 4. The highest BCUT2D eigenvalue weighted by Crippen LogP contribution is 2.53. The Hall–Kier alpha value is -6.44. The van der Waals surface area contributed by atoms with Crippen molar-refractivity contribution in [2.75, 3.05) is 0 Å². The van der Waals surface area contributed by atoms with Crippen molar-refractivity contribution in [1.82, 2.24) is 15.0 Å². The number of rotatable bonds is 7. The Balaban J connectivity index is 1.07. The van der Waals surface area contributed by atoms with Crippen LogP contribution in [0.5, 0.6) is 0 Å². The average molecular weight is 723 g/mol. The van der Waals surface area contributed by atoms with Gasteiger partial charge in [0.15, 0.2) is 17.5 Å². The van der Waals surface area contributed by atoms with Crippen LogP contribution in [-0.2, 0) is 5.41 Å². The summed E-state index contributed by atoms with van der Waals surface area (Å²) in [4.78, 5) is 15.3. The molecule has 4 nitrogen and oxygen atoms in total. The Morgan fingerprint density at radius 3 is 1.86 bits per heavy atom. The van der Waals surface area contributed by atoms with E-state index in [1.807, 2.05) is 18.2 Å². The molecule has 0 saturated heterocycles. The molecule has 1 aromatic heterocycles. The molecular formula is C52H42N4. The summed E-state index contributed by atoms with van der Waals surface area (Å²) in [5, 5.41) is 14.4. The van der Waals surface area contributed by atoms with Crippen molar-refractivity contribution in [3.63, 3.8) is 0 Å². The molecule has 56 heavy (non-hydrogen) atoms. The van der Waals surface area contributed by atoms with Gasteiger partial charge in [0.25, 0.3) is 0 Å². The fraction of sp³-hybridized carbons (Fsp3) is 0.192. The third-order valence-corrected chi connectivity index (χ3v) is 12.7. The fourth-order valence-corrected chi connectivity index (χ4v) is 9.90. The predicted molar refractivity (Wildman–Crippen MR) is 229 cm³/mol. The molecule has 2 bridgehead atoms. The lowest BCUT2D eigenvalue weighted by Crippen LogP contribution is -2.33. The third kappa shape index (κ3) is 6.14. The first kappa shape index (κ1) is 34.1. The van der Waals surface area contributed by atoms with E-state index in [2.05, 4.69) is 140 Å². The molecule has 4 heteroatoms. The number of benzene rings is 7. The number of hydrogen-bond acceptors (Lipinski definition) is 4. The van der Waals surface area contributed by atoms with E-state index in [0.717, 1.165) is 50.4 Å². The maximum atomic E-state index is 9.74. The van der Waals surface area contributed by atoms with Gasteiger partial charge in [-0.2, -0.15) is 5.26 Å². The summed E-state index contributed by atoms with van der Waals surface area (Å²) < 4.78 is 0. The van der Waals surface area contributed by atoms with Gasteiger partial charge in [0.05, 0.1) is 11.6 Å². The van der Waals surface area contributed by atoms with Crippen LogP contribution in [0.25, 0.3) is 78.0 Å². The molecule has 1 heterocycles. The molecule has 2 fully saturated rings. The van der Waals surface area contributed by atoms with Gasteiger partial charge in [-0.3, -0.25) is 0 Å². The maximum absolute atomic E-state index is 9.74. The van der Waals surface area contributed by atoms with Crippen molar-refractivity contribution in [2.24, 2.45) is 11.8 Å². The summed E-state index contributed by atoms with van der Waals surface area (Å²) >= 11 is 0. The van der Waals surface area contributed by atoms with E-state index in [1.165, 1.54) is 66.0 Å². The van der Waals surface area contributed by atoms with Gasteiger partial charge in [0.2, 0.25) is 0 Å².